The Morgan fingerprint density at radius 1 is 1.24 bits per heavy atom. The third kappa shape index (κ3) is 2.94. The van der Waals surface area contributed by atoms with Crippen LogP contribution in [0.3, 0.4) is 0 Å². The third-order valence-corrected chi connectivity index (χ3v) is 4.04. The van der Waals surface area contributed by atoms with E-state index in [2.05, 4.69) is 17.1 Å². The van der Waals surface area contributed by atoms with Gasteiger partial charge in [0.05, 0.1) is 0 Å². The third-order valence-electron chi connectivity index (χ3n) is 4.04. The Morgan fingerprint density at radius 2 is 1.94 bits per heavy atom. The maximum Gasteiger partial charge on any atom is 0.406 e. The largest absolute Gasteiger partial charge is 0.406 e. The summed E-state index contributed by atoms with van der Waals surface area (Å²) < 4.78 is 38.5. The maximum absolute atomic E-state index is 12.8. The van der Waals surface area contributed by atoms with E-state index in [1.807, 2.05) is 0 Å². The average molecular weight is 250 g/mol. The molecule has 1 N–H and O–H groups in total. The summed E-state index contributed by atoms with van der Waals surface area (Å²) in [6, 6.07) is 0.0377. The van der Waals surface area contributed by atoms with Crippen molar-refractivity contribution >= 4 is 0 Å². The fourth-order valence-electron chi connectivity index (χ4n) is 2.64. The minimum absolute atomic E-state index is 0.0377. The Morgan fingerprint density at radius 3 is 2.47 bits per heavy atom. The van der Waals surface area contributed by atoms with Gasteiger partial charge in [-0.2, -0.15) is 13.2 Å². The summed E-state index contributed by atoms with van der Waals surface area (Å²) in [5.74, 6) is 0. The Bertz CT molecular complexity index is 261. The molecule has 0 aromatic rings. The molecule has 0 radical (unpaired) electrons. The molecule has 5 heteroatoms. The standard InChI is InChI=1S/C12H21F3N2/c1-2-17-8-3-4-10(5-9-17)16-11(6-7-11)12(13,14)15/h10,16H,2-9H2,1H3. The molecule has 1 aliphatic carbocycles. The van der Waals surface area contributed by atoms with Crippen LogP contribution in [0.1, 0.15) is 39.0 Å². The predicted molar refractivity (Wildman–Crippen MR) is 60.9 cm³/mol. The topological polar surface area (TPSA) is 15.3 Å². The minimum atomic E-state index is -4.08. The first-order valence-electron chi connectivity index (χ1n) is 6.54. The summed E-state index contributed by atoms with van der Waals surface area (Å²) in [6.07, 6.45) is -0.863. The Labute approximate surface area is 101 Å². The van der Waals surface area contributed by atoms with Crippen molar-refractivity contribution in [2.75, 3.05) is 19.6 Å². The lowest BCUT2D eigenvalue weighted by atomic mass is 10.1. The molecule has 2 rings (SSSR count). The van der Waals surface area contributed by atoms with E-state index in [1.54, 1.807) is 0 Å². The van der Waals surface area contributed by atoms with Gasteiger partial charge in [-0.3, -0.25) is 0 Å². The highest BCUT2D eigenvalue weighted by Gasteiger charge is 2.63. The van der Waals surface area contributed by atoms with Gasteiger partial charge in [0.25, 0.3) is 0 Å². The highest BCUT2D eigenvalue weighted by molar-refractivity contribution is 5.09. The van der Waals surface area contributed by atoms with E-state index in [0.717, 1.165) is 38.9 Å². The van der Waals surface area contributed by atoms with E-state index in [-0.39, 0.29) is 18.9 Å². The smallest absolute Gasteiger partial charge is 0.304 e. The summed E-state index contributed by atoms with van der Waals surface area (Å²) in [5.41, 5.74) is -1.54. The van der Waals surface area contributed by atoms with Crippen molar-refractivity contribution in [3.63, 3.8) is 0 Å². The van der Waals surface area contributed by atoms with Crippen molar-refractivity contribution in [3.05, 3.63) is 0 Å². The number of nitrogens with one attached hydrogen (secondary N) is 1. The first kappa shape index (κ1) is 13.1. The second-order valence-electron chi connectivity index (χ2n) is 5.29. The zero-order chi connectivity index (χ0) is 12.5. The SMILES string of the molecule is CCN1CCCC(NC2(C(F)(F)F)CC2)CC1. The Hall–Kier alpha value is -0.290. The van der Waals surface area contributed by atoms with Crippen LogP contribution in [0.2, 0.25) is 0 Å². The van der Waals surface area contributed by atoms with Crippen molar-refractivity contribution in [1.82, 2.24) is 10.2 Å². The average Bonchev–Trinajstić information content (AvgIpc) is 3.03. The number of hydrogen-bond acceptors (Lipinski definition) is 2. The highest BCUT2D eigenvalue weighted by atomic mass is 19.4. The quantitative estimate of drug-likeness (QED) is 0.828. The van der Waals surface area contributed by atoms with Gasteiger partial charge in [0.15, 0.2) is 0 Å². The van der Waals surface area contributed by atoms with Gasteiger partial charge < -0.3 is 10.2 Å². The van der Waals surface area contributed by atoms with Crippen molar-refractivity contribution in [3.8, 4) is 0 Å². The summed E-state index contributed by atoms with van der Waals surface area (Å²) in [6.45, 7) is 5.04. The molecule has 2 fully saturated rings. The second kappa shape index (κ2) is 4.76. The van der Waals surface area contributed by atoms with Crippen LogP contribution in [0, 0.1) is 0 Å². The van der Waals surface area contributed by atoms with Crippen LogP contribution >= 0.6 is 0 Å². The summed E-state index contributed by atoms with van der Waals surface area (Å²) in [4.78, 5) is 2.31. The predicted octanol–water partition coefficient (Wildman–Crippen LogP) is 2.55. The Kier molecular flexibility index (Phi) is 3.69. The van der Waals surface area contributed by atoms with E-state index < -0.39 is 11.7 Å². The number of halogens is 3. The van der Waals surface area contributed by atoms with Crippen molar-refractivity contribution in [2.24, 2.45) is 0 Å². The summed E-state index contributed by atoms with van der Waals surface area (Å²) in [5, 5.41) is 2.88. The first-order valence-corrected chi connectivity index (χ1v) is 6.54. The van der Waals surface area contributed by atoms with Crippen LogP contribution in [-0.2, 0) is 0 Å². The van der Waals surface area contributed by atoms with E-state index in [9.17, 15) is 13.2 Å². The van der Waals surface area contributed by atoms with Gasteiger partial charge in [0, 0.05) is 6.04 Å². The lowest BCUT2D eigenvalue weighted by Gasteiger charge is -2.26. The van der Waals surface area contributed by atoms with E-state index in [1.165, 1.54) is 0 Å². The lowest BCUT2D eigenvalue weighted by Crippen LogP contribution is -2.50. The number of alkyl halides is 3. The normalized spacial score (nSPS) is 30.0. The molecule has 0 aromatic heterocycles. The Balaban J connectivity index is 1.87. The molecule has 100 valence electrons. The van der Waals surface area contributed by atoms with E-state index >= 15 is 0 Å². The van der Waals surface area contributed by atoms with Gasteiger partial charge in [-0.15, -0.1) is 0 Å². The minimum Gasteiger partial charge on any atom is -0.304 e. The van der Waals surface area contributed by atoms with E-state index in [0.29, 0.717) is 0 Å². The summed E-state index contributed by atoms with van der Waals surface area (Å²) in [7, 11) is 0. The molecule has 1 heterocycles. The first-order chi connectivity index (χ1) is 7.97. The van der Waals surface area contributed by atoms with Crippen LogP contribution in [-0.4, -0.2) is 42.3 Å². The second-order valence-corrected chi connectivity index (χ2v) is 5.29. The van der Waals surface area contributed by atoms with E-state index in [4.69, 9.17) is 0 Å². The van der Waals surface area contributed by atoms with Crippen LogP contribution in [0.4, 0.5) is 13.2 Å². The molecule has 1 aliphatic heterocycles. The molecule has 2 nitrogen and oxygen atoms in total. The number of hydrogen-bond donors (Lipinski definition) is 1. The summed E-state index contributed by atoms with van der Waals surface area (Å²) >= 11 is 0. The molecule has 1 saturated heterocycles. The number of likely N-dealkylation sites (tertiary alicyclic amines) is 1. The van der Waals surface area contributed by atoms with Crippen LogP contribution < -0.4 is 5.32 Å². The molecule has 1 unspecified atom stereocenters. The van der Waals surface area contributed by atoms with Crippen LogP contribution in [0.25, 0.3) is 0 Å². The molecule has 2 aliphatic rings. The fourth-order valence-corrected chi connectivity index (χ4v) is 2.64. The lowest BCUT2D eigenvalue weighted by molar-refractivity contribution is -0.168. The number of rotatable bonds is 3. The van der Waals surface area contributed by atoms with Gasteiger partial charge in [0.2, 0.25) is 0 Å². The zero-order valence-corrected chi connectivity index (χ0v) is 10.3. The fraction of sp³-hybridized carbons (Fsp3) is 1.00. The number of nitrogens with zero attached hydrogens (tertiary/aromatic N) is 1. The molecule has 17 heavy (non-hydrogen) atoms. The van der Waals surface area contributed by atoms with Crippen LogP contribution in [0.15, 0.2) is 0 Å². The monoisotopic (exact) mass is 250 g/mol. The molecule has 1 saturated carbocycles. The van der Waals surface area contributed by atoms with Crippen LogP contribution in [0.5, 0.6) is 0 Å². The molecule has 1 atom stereocenters. The molecule has 0 spiro atoms. The van der Waals surface area contributed by atoms with Gasteiger partial charge in [0.1, 0.15) is 5.54 Å². The van der Waals surface area contributed by atoms with Gasteiger partial charge in [-0.1, -0.05) is 6.92 Å². The maximum atomic E-state index is 12.8. The zero-order valence-electron chi connectivity index (χ0n) is 10.3. The van der Waals surface area contributed by atoms with Crippen molar-refractivity contribution in [1.29, 1.82) is 0 Å². The molecular formula is C12H21F3N2. The highest BCUT2D eigenvalue weighted by Crippen LogP contribution is 2.49. The van der Waals surface area contributed by atoms with Crippen molar-refractivity contribution in [2.45, 2.75) is 56.8 Å². The van der Waals surface area contributed by atoms with Gasteiger partial charge >= 0.3 is 6.18 Å². The molecule has 0 amide bonds. The van der Waals surface area contributed by atoms with Gasteiger partial charge in [-0.25, -0.2) is 0 Å². The van der Waals surface area contributed by atoms with Gasteiger partial charge in [-0.05, 0) is 51.7 Å². The molecule has 0 bridgehead atoms. The molecule has 0 aromatic carbocycles. The molecular weight excluding hydrogens is 229 g/mol. The van der Waals surface area contributed by atoms with Crippen molar-refractivity contribution < 1.29 is 13.2 Å².